The zero-order valence-electron chi connectivity index (χ0n) is 14.1. The van der Waals surface area contributed by atoms with Crippen molar-refractivity contribution in [2.75, 3.05) is 32.1 Å². The molecule has 0 radical (unpaired) electrons. The number of amides is 2. The lowest BCUT2D eigenvalue weighted by Crippen LogP contribution is -2.36. The summed E-state index contributed by atoms with van der Waals surface area (Å²) in [6.45, 7) is 8.72. The monoisotopic (exact) mass is 317 g/mol. The van der Waals surface area contributed by atoms with Crippen LogP contribution in [0.5, 0.6) is 0 Å². The van der Waals surface area contributed by atoms with Gasteiger partial charge in [0, 0.05) is 44.5 Å². The third kappa shape index (κ3) is 3.67. The molecule has 23 heavy (non-hydrogen) atoms. The number of hydrogen-bond donors (Lipinski definition) is 1. The van der Waals surface area contributed by atoms with Crippen LogP contribution in [0, 0.1) is 13.8 Å². The van der Waals surface area contributed by atoms with Crippen LogP contribution in [-0.4, -0.2) is 59.9 Å². The Labute approximate surface area is 136 Å². The quantitative estimate of drug-likeness (QED) is 0.826. The minimum absolute atomic E-state index is 0.0585. The van der Waals surface area contributed by atoms with Crippen molar-refractivity contribution in [3.05, 3.63) is 29.7 Å². The summed E-state index contributed by atoms with van der Waals surface area (Å²) in [5.74, 6) is 0.575. The standard InChI is InChI=1S/C16H23N5O2/c1-6-13(22)18-12-7-8-21(9-12)15-10(2)11(3)17-14(19-15)16(23)20(4)5/h6,12H,1,7-9H2,2-5H3,(H,18,22)/t12-/m1/s1. The predicted molar refractivity (Wildman–Crippen MR) is 88.5 cm³/mol. The van der Waals surface area contributed by atoms with Crippen molar-refractivity contribution in [3.63, 3.8) is 0 Å². The summed E-state index contributed by atoms with van der Waals surface area (Å²) >= 11 is 0. The molecule has 2 rings (SSSR count). The molecule has 1 saturated heterocycles. The molecule has 1 fully saturated rings. The van der Waals surface area contributed by atoms with Gasteiger partial charge in [-0.05, 0) is 26.3 Å². The van der Waals surface area contributed by atoms with Gasteiger partial charge in [-0.3, -0.25) is 9.59 Å². The third-order valence-electron chi connectivity index (χ3n) is 3.98. The summed E-state index contributed by atoms with van der Waals surface area (Å²) in [6, 6.07) is 0.0585. The van der Waals surface area contributed by atoms with Gasteiger partial charge >= 0.3 is 0 Å². The summed E-state index contributed by atoms with van der Waals surface area (Å²) in [7, 11) is 3.36. The minimum atomic E-state index is -0.218. The molecule has 0 saturated carbocycles. The lowest BCUT2D eigenvalue weighted by atomic mass is 10.2. The molecular weight excluding hydrogens is 294 g/mol. The van der Waals surface area contributed by atoms with Gasteiger partial charge in [0.05, 0.1) is 0 Å². The Morgan fingerprint density at radius 3 is 2.65 bits per heavy atom. The van der Waals surface area contributed by atoms with Crippen LogP contribution in [-0.2, 0) is 4.79 Å². The largest absolute Gasteiger partial charge is 0.354 e. The van der Waals surface area contributed by atoms with Gasteiger partial charge in [-0.15, -0.1) is 0 Å². The maximum atomic E-state index is 12.1. The second-order valence-electron chi connectivity index (χ2n) is 5.93. The molecule has 0 spiro atoms. The SMILES string of the molecule is C=CC(=O)N[C@@H]1CCN(c2nc(C(=O)N(C)C)nc(C)c2C)C1. The number of nitrogens with zero attached hydrogens (tertiary/aromatic N) is 4. The maximum Gasteiger partial charge on any atom is 0.291 e. The first-order valence-corrected chi connectivity index (χ1v) is 7.58. The van der Waals surface area contributed by atoms with Gasteiger partial charge in [-0.2, -0.15) is 0 Å². The van der Waals surface area contributed by atoms with E-state index in [2.05, 4.69) is 26.8 Å². The zero-order chi connectivity index (χ0) is 17.1. The van der Waals surface area contributed by atoms with Crippen LogP contribution in [0.1, 0.15) is 28.3 Å². The first-order chi connectivity index (χ1) is 10.8. The topological polar surface area (TPSA) is 78.4 Å². The van der Waals surface area contributed by atoms with Gasteiger partial charge in [0.1, 0.15) is 5.82 Å². The van der Waals surface area contributed by atoms with Crippen LogP contribution < -0.4 is 10.2 Å². The zero-order valence-corrected chi connectivity index (χ0v) is 14.1. The second-order valence-corrected chi connectivity index (χ2v) is 5.93. The summed E-state index contributed by atoms with van der Waals surface area (Å²) < 4.78 is 0. The van der Waals surface area contributed by atoms with E-state index in [0.717, 1.165) is 30.0 Å². The Balaban J connectivity index is 2.24. The molecular formula is C16H23N5O2. The van der Waals surface area contributed by atoms with E-state index < -0.39 is 0 Å². The number of anilines is 1. The molecule has 1 aliphatic rings. The van der Waals surface area contributed by atoms with Crippen LogP contribution in [0.25, 0.3) is 0 Å². The van der Waals surface area contributed by atoms with Gasteiger partial charge in [0.25, 0.3) is 5.91 Å². The van der Waals surface area contributed by atoms with E-state index in [9.17, 15) is 9.59 Å². The van der Waals surface area contributed by atoms with Crippen LogP contribution in [0.3, 0.4) is 0 Å². The number of aromatic nitrogens is 2. The molecule has 1 aromatic heterocycles. The first kappa shape index (κ1) is 16.9. The lowest BCUT2D eigenvalue weighted by Gasteiger charge is -2.21. The van der Waals surface area contributed by atoms with Gasteiger partial charge < -0.3 is 15.1 Å². The van der Waals surface area contributed by atoms with E-state index in [1.54, 1.807) is 14.1 Å². The average Bonchev–Trinajstić information content (AvgIpc) is 2.96. The molecule has 1 N–H and O–H groups in total. The fraction of sp³-hybridized carbons (Fsp3) is 0.500. The summed E-state index contributed by atoms with van der Waals surface area (Å²) in [6.07, 6.45) is 2.11. The van der Waals surface area contributed by atoms with E-state index in [1.807, 2.05) is 13.8 Å². The maximum absolute atomic E-state index is 12.1. The Morgan fingerprint density at radius 1 is 1.35 bits per heavy atom. The van der Waals surface area contributed by atoms with Gasteiger partial charge in [-0.25, -0.2) is 9.97 Å². The Hall–Kier alpha value is -2.44. The number of rotatable bonds is 4. The van der Waals surface area contributed by atoms with E-state index in [1.165, 1.54) is 11.0 Å². The van der Waals surface area contributed by atoms with Crippen LogP contribution >= 0.6 is 0 Å². The van der Waals surface area contributed by atoms with Crippen molar-refractivity contribution in [1.82, 2.24) is 20.2 Å². The second kappa shape index (κ2) is 6.76. The van der Waals surface area contributed by atoms with E-state index in [0.29, 0.717) is 6.54 Å². The van der Waals surface area contributed by atoms with Crippen LogP contribution in [0.4, 0.5) is 5.82 Å². The fourth-order valence-electron chi connectivity index (χ4n) is 2.55. The summed E-state index contributed by atoms with van der Waals surface area (Å²) in [5.41, 5.74) is 1.75. The molecule has 0 aromatic carbocycles. The van der Waals surface area contributed by atoms with Gasteiger partial charge in [0.2, 0.25) is 11.7 Å². The highest BCUT2D eigenvalue weighted by Gasteiger charge is 2.27. The third-order valence-corrected chi connectivity index (χ3v) is 3.98. The van der Waals surface area contributed by atoms with E-state index >= 15 is 0 Å². The summed E-state index contributed by atoms with van der Waals surface area (Å²) in [5, 5.41) is 2.90. The smallest absolute Gasteiger partial charge is 0.291 e. The van der Waals surface area contributed by atoms with Crippen molar-refractivity contribution in [1.29, 1.82) is 0 Å². The molecule has 1 atom stereocenters. The lowest BCUT2D eigenvalue weighted by molar-refractivity contribution is -0.117. The van der Waals surface area contributed by atoms with Crippen molar-refractivity contribution in [3.8, 4) is 0 Å². The molecule has 1 aliphatic heterocycles. The van der Waals surface area contributed by atoms with Crippen molar-refractivity contribution >= 4 is 17.6 Å². The number of carbonyl (C=O) groups is 2. The molecule has 124 valence electrons. The fourth-order valence-corrected chi connectivity index (χ4v) is 2.55. The van der Waals surface area contributed by atoms with Crippen LogP contribution in [0.2, 0.25) is 0 Å². The molecule has 0 unspecified atom stereocenters. The number of hydrogen-bond acceptors (Lipinski definition) is 5. The van der Waals surface area contributed by atoms with E-state index in [-0.39, 0.29) is 23.7 Å². The van der Waals surface area contributed by atoms with Gasteiger partial charge in [-0.1, -0.05) is 6.58 Å². The Bertz CT molecular complexity index is 642. The molecule has 7 heteroatoms. The Morgan fingerprint density at radius 2 is 2.04 bits per heavy atom. The molecule has 1 aromatic rings. The molecule has 0 bridgehead atoms. The molecule has 2 amide bonds. The molecule has 0 aliphatic carbocycles. The predicted octanol–water partition coefficient (Wildman–Crippen LogP) is 0.676. The van der Waals surface area contributed by atoms with E-state index in [4.69, 9.17) is 0 Å². The normalized spacial score (nSPS) is 17.0. The Kier molecular flexibility index (Phi) is 4.98. The highest BCUT2D eigenvalue weighted by atomic mass is 16.2. The van der Waals surface area contributed by atoms with Crippen molar-refractivity contribution in [2.24, 2.45) is 0 Å². The minimum Gasteiger partial charge on any atom is -0.354 e. The van der Waals surface area contributed by atoms with Gasteiger partial charge in [0.15, 0.2) is 0 Å². The van der Waals surface area contributed by atoms with Crippen LogP contribution in [0.15, 0.2) is 12.7 Å². The molecule has 2 heterocycles. The number of aryl methyl sites for hydroxylation is 1. The molecule has 7 nitrogen and oxygen atoms in total. The average molecular weight is 317 g/mol. The first-order valence-electron chi connectivity index (χ1n) is 7.58. The highest BCUT2D eigenvalue weighted by molar-refractivity contribution is 5.90. The number of carbonyl (C=O) groups excluding carboxylic acids is 2. The van der Waals surface area contributed by atoms with Crippen molar-refractivity contribution in [2.45, 2.75) is 26.3 Å². The summed E-state index contributed by atoms with van der Waals surface area (Å²) in [4.78, 5) is 35.9. The highest BCUT2D eigenvalue weighted by Crippen LogP contribution is 2.24. The number of nitrogens with one attached hydrogen (secondary N) is 1. The van der Waals surface area contributed by atoms with Crippen molar-refractivity contribution < 1.29 is 9.59 Å².